The molecular weight excluding hydrogens is 477 g/mol. The first-order valence-electron chi connectivity index (χ1n) is 10.9. The molecule has 10 nitrogen and oxygen atoms in total. The standard InChI is InChI=1S/C23H17F3N8O2/c1-27-22(35)14-3-5-17(21(26)29-14)33-9-12-8-32(10-15(12)31-33)7-11-2-4-16-19(18(11)25)30-23(36)20-13(24)6-28-34(16)20/h2-6,9H,7-8,10H2,1H3,(H,27,35)(H,30,36). The van der Waals surface area contributed by atoms with Crippen LogP contribution in [0.4, 0.5) is 13.2 Å². The Kier molecular flexibility index (Phi) is 4.89. The predicted molar refractivity (Wildman–Crippen MR) is 121 cm³/mol. The van der Waals surface area contributed by atoms with Crippen LogP contribution in [0.1, 0.15) is 27.3 Å². The molecule has 0 radical (unpaired) electrons. The van der Waals surface area contributed by atoms with Gasteiger partial charge >= 0.3 is 0 Å². The van der Waals surface area contributed by atoms with Gasteiger partial charge in [-0.05, 0) is 18.2 Å². The van der Waals surface area contributed by atoms with Crippen LogP contribution in [0.25, 0.3) is 22.2 Å². The number of nitrogens with one attached hydrogen (secondary N) is 2. The van der Waals surface area contributed by atoms with Crippen molar-refractivity contribution in [1.82, 2.24) is 39.6 Å². The summed E-state index contributed by atoms with van der Waals surface area (Å²) in [5.41, 5.74) is 1.09. The van der Waals surface area contributed by atoms with Gasteiger partial charge in [0.1, 0.15) is 16.9 Å². The number of rotatable bonds is 4. The normalized spacial score (nSPS) is 13.6. The molecule has 5 aromatic rings. The number of amides is 1. The van der Waals surface area contributed by atoms with E-state index in [1.54, 1.807) is 18.3 Å². The van der Waals surface area contributed by atoms with Crippen LogP contribution in [0.2, 0.25) is 0 Å². The minimum absolute atomic E-state index is 0.0400. The lowest BCUT2D eigenvalue weighted by atomic mass is 10.1. The summed E-state index contributed by atoms with van der Waals surface area (Å²) in [6, 6.07) is 5.99. The molecule has 4 aromatic heterocycles. The molecule has 5 heterocycles. The van der Waals surface area contributed by atoms with Gasteiger partial charge < -0.3 is 10.3 Å². The number of hydrogen-bond donors (Lipinski definition) is 2. The van der Waals surface area contributed by atoms with Crippen molar-refractivity contribution >= 4 is 22.5 Å². The number of H-pyrrole nitrogens is 1. The van der Waals surface area contributed by atoms with Crippen LogP contribution in [-0.4, -0.2) is 47.2 Å². The van der Waals surface area contributed by atoms with E-state index in [-0.39, 0.29) is 34.5 Å². The van der Waals surface area contributed by atoms with Crippen molar-refractivity contribution in [3.63, 3.8) is 0 Å². The second-order valence-corrected chi connectivity index (χ2v) is 8.42. The summed E-state index contributed by atoms with van der Waals surface area (Å²) in [5, 5.41) is 10.7. The van der Waals surface area contributed by atoms with Crippen molar-refractivity contribution in [2.45, 2.75) is 19.6 Å². The molecule has 0 fully saturated rings. The number of halogens is 3. The van der Waals surface area contributed by atoms with Gasteiger partial charge in [-0.25, -0.2) is 23.0 Å². The number of pyridine rings is 1. The molecule has 1 aromatic carbocycles. The quantitative estimate of drug-likeness (QED) is 0.370. The summed E-state index contributed by atoms with van der Waals surface area (Å²) in [6.45, 7) is 1.06. The van der Waals surface area contributed by atoms with E-state index in [0.29, 0.717) is 24.3 Å². The summed E-state index contributed by atoms with van der Waals surface area (Å²) >= 11 is 0. The van der Waals surface area contributed by atoms with Crippen molar-refractivity contribution < 1.29 is 18.0 Å². The number of carbonyl (C=O) groups excluding carboxylic acids is 1. The number of nitrogens with zero attached hydrogens (tertiary/aromatic N) is 6. The molecule has 0 atom stereocenters. The van der Waals surface area contributed by atoms with Gasteiger partial charge in [-0.3, -0.25) is 14.5 Å². The zero-order chi connectivity index (χ0) is 25.1. The third-order valence-corrected chi connectivity index (χ3v) is 6.18. The average Bonchev–Trinajstić information content (AvgIpc) is 3.54. The average molecular weight is 494 g/mol. The van der Waals surface area contributed by atoms with Gasteiger partial charge in [0.25, 0.3) is 11.5 Å². The monoisotopic (exact) mass is 494 g/mol. The Hall–Kier alpha value is -4.52. The highest BCUT2D eigenvalue weighted by molar-refractivity contribution is 5.92. The Morgan fingerprint density at radius 2 is 2.00 bits per heavy atom. The Morgan fingerprint density at radius 1 is 1.17 bits per heavy atom. The van der Waals surface area contributed by atoms with Crippen molar-refractivity contribution in [2.24, 2.45) is 0 Å². The van der Waals surface area contributed by atoms with E-state index in [1.165, 1.54) is 23.9 Å². The summed E-state index contributed by atoms with van der Waals surface area (Å²) < 4.78 is 46.1. The molecule has 0 unspecified atom stereocenters. The van der Waals surface area contributed by atoms with E-state index in [4.69, 9.17) is 0 Å². The third-order valence-electron chi connectivity index (χ3n) is 6.18. The topological polar surface area (TPSA) is 113 Å². The fourth-order valence-electron chi connectivity index (χ4n) is 4.46. The van der Waals surface area contributed by atoms with Gasteiger partial charge in [0, 0.05) is 44.0 Å². The summed E-state index contributed by atoms with van der Waals surface area (Å²) in [7, 11) is 1.43. The zero-order valence-corrected chi connectivity index (χ0v) is 18.7. The van der Waals surface area contributed by atoms with Gasteiger partial charge in [0.2, 0.25) is 5.95 Å². The second-order valence-electron chi connectivity index (χ2n) is 8.42. The van der Waals surface area contributed by atoms with Crippen LogP contribution < -0.4 is 10.9 Å². The molecular formula is C23H17F3N8O2. The number of fused-ring (bicyclic) bond motifs is 4. The molecule has 2 N–H and O–H groups in total. The highest BCUT2D eigenvalue weighted by Gasteiger charge is 2.26. The number of benzene rings is 1. The lowest BCUT2D eigenvalue weighted by molar-refractivity contribution is 0.0957. The number of aromatic amines is 1. The lowest BCUT2D eigenvalue weighted by Gasteiger charge is -2.16. The van der Waals surface area contributed by atoms with Gasteiger partial charge in [0.15, 0.2) is 17.2 Å². The SMILES string of the molecule is CNC(=O)c1ccc(-n2cc3c(n2)CN(Cc2ccc4c([nH]c(=O)c5c(F)cnn54)c2F)C3)c(F)n1. The van der Waals surface area contributed by atoms with E-state index >= 15 is 4.39 Å². The number of aromatic nitrogens is 6. The Bertz CT molecular complexity index is 1730. The zero-order valence-electron chi connectivity index (χ0n) is 18.7. The molecule has 0 spiro atoms. The highest BCUT2D eigenvalue weighted by Crippen LogP contribution is 2.27. The van der Waals surface area contributed by atoms with E-state index in [0.717, 1.165) is 16.3 Å². The van der Waals surface area contributed by atoms with Crippen LogP contribution in [0.5, 0.6) is 0 Å². The minimum atomic E-state index is -0.826. The molecule has 0 aliphatic carbocycles. The molecule has 1 aliphatic rings. The van der Waals surface area contributed by atoms with Crippen LogP contribution in [0, 0.1) is 17.6 Å². The maximum Gasteiger partial charge on any atom is 0.277 e. The predicted octanol–water partition coefficient (Wildman–Crippen LogP) is 2.05. The molecule has 1 amide bonds. The second kappa shape index (κ2) is 8.02. The van der Waals surface area contributed by atoms with Gasteiger partial charge in [-0.15, -0.1) is 0 Å². The molecule has 0 saturated heterocycles. The molecule has 1 aliphatic heterocycles. The van der Waals surface area contributed by atoms with E-state index in [9.17, 15) is 18.4 Å². The van der Waals surface area contributed by atoms with Crippen molar-refractivity contribution in [3.05, 3.63) is 87.1 Å². The number of carbonyl (C=O) groups is 1. The van der Waals surface area contributed by atoms with Crippen LogP contribution in [-0.2, 0) is 19.6 Å². The minimum Gasteiger partial charge on any atom is -0.354 e. The summed E-state index contributed by atoms with van der Waals surface area (Å²) in [6.07, 6.45) is 2.58. The van der Waals surface area contributed by atoms with Crippen molar-refractivity contribution in [1.29, 1.82) is 0 Å². The van der Waals surface area contributed by atoms with Gasteiger partial charge in [-0.1, -0.05) is 6.07 Å². The van der Waals surface area contributed by atoms with Crippen LogP contribution in [0.3, 0.4) is 0 Å². The molecule has 0 saturated carbocycles. The number of hydrogen-bond acceptors (Lipinski definition) is 6. The smallest absolute Gasteiger partial charge is 0.277 e. The summed E-state index contributed by atoms with van der Waals surface area (Å²) in [5.74, 6) is -2.73. The van der Waals surface area contributed by atoms with E-state index in [1.807, 2.05) is 4.90 Å². The maximum absolute atomic E-state index is 15.3. The molecule has 36 heavy (non-hydrogen) atoms. The Labute approximate surface area is 200 Å². The van der Waals surface area contributed by atoms with Gasteiger partial charge in [-0.2, -0.15) is 14.6 Å². The first-order valence-corrected chi connectivity index (χ1v) is 10.9. The molecule has 13 heteroatoms. The van der Waals surface area contributed by atoms with Crippen LogP contribution in [0.15, 0.2) is 41.5 Å². The third kappa shape index (κ3) is 3.35. The molecule has 0 bridgehead atoms. The fourth-order valence-corrected chi connectivity index (χ4v) is 4.46. The van der Waals surface area contributed by atoms with Crippen molar-refractivity contribution in [2.75, 3.05) is 7.05 Å². The summed E-state index contributed by atoms with van der Waals surface area (Å²) in [4.78, 5) is 31.9. The fraction of sp³-hybridized carbons (Fsp3) is 0.174. The molecule has 182 valence electrons. The first-order chi connectivity index (χ1) is 17.3. The lowest BCUT2D eigenvalue weighted by Crippen LogP contribution is -2.20. The Balaban J connectivity index is 1.24. The van der Waals surface area contributed by atoms with Crippen molar-refractivity contribution in [3.8, 4) is 5.69 Å². The van der Waals surface area contributed by atoms with E-state index in [2.05, 4.69) is 25.5 Å². The van der Waals surface area contributed by atoms with Gasteiger partial charge in [0.05, 0.1) is 17.4 Å². The highest BCUT2D eigenvalue weighted by atomic mass is 19.1. The largest absolute Gasteiger partial charge is 0.354 e. The Morgan fingerprint density at radius 3 is 2.75 bits per heavy atom. The van der Waals surface area contributed by atoms with Crippen LogP contribution >= 0.6 is 0 Å². The van der Waals surface area contributed by atoms with E-state index < -0.39 is 29.0 Å². The maximum atomic E-state index is 15.3. The molecule has 6 rings (SSSR count). The first kappa shape index (κ1) is 22.0.